The minimum Gasteiger partial charge on any atom is -0.497 e. The molecule has 1 heterocycles. The summed E-state index contributed by atoms with van der Waals surface area (Å²) < 4.78 is 5.37. The lowest BCUT2D eigenvalue weighted by Gasteiger charge is -2.20. The zero-order valence-corrected chi connectivity index (χ0v) is 22.7. The smallest absolute Gasteiger partial charge is 0.242 e. The molecule has 0 spiro atoms. The van der Waals surface area contributed by atoms with Gasteiger partial charge in [-0.05, 0) is 74.4 Å². The van der Waals surface area contributed by atoms with E-state index in [4.69, 9.17) is 4.74 Å². The van der Waals surface area contributed by atoms with Crippen LogP contribution in [-0.4, -0.2) is 42.3 Å². The molecule has 1 aromatic heterocycles. The van der Waals surface area contributed by atoms with E-state index in [1.807, 2.05) is 31.2 Å². The van der Waals surface area contributed by atoms with Crippen molar-refractivity contribution in [2.75, 3.05) is 13.7 Å². The first-order valence-electron chi connectivity index (χ1n) is 13.6. The summed E-state index contributed by atoms with van der Waals surface area (Å²) in [6, 6.07) is 13.6. The van der Waals surface area contributed by atoms with E-state index in [0.717, 1.165) is 60.0 Å². The van der Waals surface area contributed by atoms with Gasteiger partial charge in [0.2, 0.25) is 11.8 Å². The molecule has 3 N–H and O–H groups in total. The molecular weight excluding hydrogens is 478 g/mol. The standard InChI is InChI=1S/C31H39N3O4/c1-20(35)9-5-4-6-12-29(31(37)32-19-23-14-13-22-10-7-8-11-25(22)23)34-30(36)18-26-21(2)33-28-16-15-24(38-3)17-27(26)28/h7-8,10-11,15-17,23,29,33H,4-6,9,12-14,18-19H2,1-3H3,(H,32,37)(H,34,36)/t23?,29-/m0/s1. The first kappa shape index (κ1) is 27.4. The molecular formula is C31H39N3O4. The van der Waals surface area contributed by atoms with E-state index in [-0.39, 0.29) is 24.0 Å². The van der Waals surface area contributed by atoms with E-state index in [1.54, 1.807) is 14.0 Å². The number of Topliss-reactive ketones (excluding diaryl/α,β-unsaturated/α-hetero) is 1. The highest BCUT2D eigenvalue weighted by Crippen LogP contribution is 2.32. The van der Waals surface area contributed by atoms with Crippen LogP contribution < -0.4 is 15.4 Å². The quantitative estimate of drug-likeness (QED) is 0.281. The number of methoxy groups -OCH3 is 1. The zero-order valence-electron chi connectivity index (χ0n) is 22.7. The van der Waals surface area contributed by atoms with Crippen molar-refractivity contribution in [3.63, 3.8) is 0 Å². The molecule has 38 heavy (non-hydrogen) atoms. The minimum atomic E-state index is -0.614. The number of H-pyrrole nitrogens is 1. The number of aromatic nitrogens is 1. The number of amides is 2. The summed E-state index contributed by atoms with van der Waals surface area (Å²) in [4.78, 5) is 41.1. The Morgan fingerprint density at radius 1 is 1.11 bits per heavy atom. The van der Waals surface area contributed by atoms with Gasteiger partial charge in [-0.15, -0.1) is 0 Å². The van der Waals surface area contributed by atoms with Crippen molar-refractivity contribution in [2.24, 2.45) is 0 Å². The van der Waals surface area contributed by atoms with Gasteiger partial charge >= 0.3 is 0 Å². The zero-order chi connectivity index (χ0) is 27.1. The van der Waals surface area contributed by atoms with Gasteiger partial charge < -0.3 is 25.1 Å². The summed E-state index contributed by atoms with van der Waals surface area (Å²) in [6.45, 7) is 4.11. The molecule has 0 bridgehead atoms. The van der Waals surface area contributed by atoms with Crippen molar-refractivity contribution in [1.29, 1.82) is 0 Å². The molecule has 4 rings (SSSR count). The van der Waals surface area contributed by atoms with Gasteiger partial charge in [0.15, 0.2) is 0 Å². The molecule has 0 saturated carbocycles. The molecule has 0 fully saturated rings. The predicted molar refractivity (Wildman–Crippen MR) is 150 cm³/mol. The number of rotatable bonds is 13. The highest BCUT2D eigenvalue weighted by Gasteiger charge is 2.26. The molecule has 7 heteroatoms. The number of ether oxygens (including phenoxy) is 1. The second-order valence-electron chi connectivity index (χ2n) is 10.4. The SMILES string of the molecule is COc1ccc2[nH]c(C)c(CC(=O)N[C@@H](CCCCCC(C)=O)C(=O)NCC3CCc4ccccc43)c2c1. The maximum Gasteiger partial charge on any atom is 0.242 e. The van der Waals surface area contributed by atoms with Crippen molar-refractivity contribution in [3.05, 3.63) is 64.8 Å². The van der Waals surface area contributed by atoms with E-state index >= 15 is 0 Å². The molecule has 7 nitrogen and oxygen atoms in total. The van der Waals surface area contributed by atoms with E-state index in [1.165, 1.54) is 11.1 Å². The lowest BCUT2D eigenvalue weighted by Crippen LogP contribution is -2.48. The average Bonchev–Trinajstić information content (AvgIpc) is 3.46. The number of hydrogen-bond acceptors (Lipinski definition) is 4. The molecule has 0 aliphatic heterocycles. The van der Waals surface area contributed by atoms with Crippen LogP contribution in [-0.2, 0) is 27.2 Å². The first-order chi connectivity index (χ1) is 18.4. The van der Waals surface area contributed by atoms with Crippen LogP contribution in [0.25, 0.3) is 10.9 Å². The fraction of sp³-hybridized carbons (Fsp3) is 0.452. The highest BCUT2D eigenvalue weighted by molar-refractivity contribution is 5.93. The van der Waals surface area contributed by atoms with Gasteiger partial charge in [0.1, 0.15) is 17.6 Å². The third-order valence-corrected chi connectivity index (χ3v) is 7.62. The Morgan fingerprint density at radius 2 is 1.92 bits per heavy atom. The molecule has 2 aromatic carbocycles. The van der Waals surface area contributed by atoms with Crippen LogP contribution in [0.5, 0.6) is 5.75 Å². The molecule has 0 saturated heterocycles. The highest BCUT2D eigenvalue weighted by atomic mass is 16.5. The number of benzene rings is 2. The molecule has 1 unspecified atom stereocenters. The lowest BCUT2D eigenvalue weighted by atomic mass is 10.0. The summed E-state index contributed by atoms with van der Waals surface area (Å²) in [5.41, 5.74) is 5.44. The molecule has 1 aliphatic carbocycles. The number of aromatic amines is 1. The van der Waals surface area contributed by atoms with Crippen LogP contribution in [0.2, 0.25) is 0 Å². The average molecular weight is 518 g/mol. The number of aryl methyl sites for hydroxylation is 2. The van der Waals surface area contributed by atoms with Crippen molar-refractivity contribution in [2.45, 2.75) is 77.2 Å². The molecule has 202 valence electrons. The van der Waals surface area contributed by atoms with Gasteiger partial charge in [-0.25, -0.2) is 0 Å². The predicted octanol–water partition coefficient (Wildman–Crippen LogP) is 4.90. The molecule has 3 aromatic rings. The third kappa shape index (κ3) is 6.82. The maximum atomic E-state index is 13.3. The Labute approximate surface area is 224 Å². The van der Waals surface area contributed by atoms with Crippen LogP contribution in [0.15, 0.2) is 42.5 Å². The van der Waals surface area contributed by atoms with Gasteiger partial charge in [-0.2, -0.15) is 0 Å². The van der Waals surface area contributed by atoms with Gasteiger partial charge in [-0.1, -0.05) is 37.1 Å². The van der Waals surface area contributed by atoms with Crippen molar-refractivity contribution >= 4 is 28.5 Å². The number of carbonyl (C=O) groups excluding carboxylic acids is 3. The number of hydrogen-bond donors (Lipinski definition) is 3. The Morgan fingerprint density at radius 3 is 2.71 bits per heavy atom. The Kier molecular flexibility index (Phi) is 9.21. The van der Waals surface area contributed by atoms with Crippen LogP contribution in [0.1, 0.15) is 73.8 Å². The van der Waals surface area contributed by atoms with Gasteiger partial charge in [0, 0.05) is 35.5 Å². The van der Waals surface area contributed by atoms with Crippen LogP contribution in [0, 0.1) is 6.92 Å². The number of carbonyl (C=O) groups is 3. The fourth-order valence-corrected chi connectivity index (χ4v) is 5.49. The number of fused-ring (bicyclic) bond motifs is 2. The second-order valence-corrected chi connectivity index (χ2v) is 10.4. The summed E-state index contributed by atoms with van der Waals surface area (Å²) in [6.07, 6.45) is 5.71. The molecule has 2 amide bonds. The summed E-state index contributed by atoms with van der Waals surface area (Å²) in [5.74, 6) is 0.870. The lowest BCUT2D eigenvalue weighted by molar-refractivity contribution is -0.129. The maximum absolute atomic E-state index is 13.3. The summed E-state index contributed by atoms with van der Waals surface area (Å²) >= 11 is 0. The third-order valence-electron chi connectivity index (χ3n) is 7.62. The van der Waals surface area contributed by atoms with E-state index in [2.05, 4.69) is 33.8 Å². The molecule has 0 radical (unpaired) electrons. The van der Waals surface area contributed by atoms with E-state index in [9.17, 15) is 14.4 Å². The van der Waals surface area contributed by atoms with Crippen molar-refractivity contribution in [3.8, 4) is 5.75 Å². The largest absolute Gasteiger partial charge is 0.497 e. The normalized spacial score (nSPS) is 15.2. The number of unbranched alkanes of at least 4 members (excludes halogenated alkanes) is 2. The first-order valence-corrected chi connectivity index (χ1v) is 13.6. The number of nitrogens with one attached hydrogen (secondary N) is 3. The van der Waals surface area contributed by atoms with Gasteiger partial charge in [-0.3, -0.25) is 9.59 Å². The fourth-order valence-electron chi connectivity index (χ4n) is 5.49. The van der Waals surface area contributed by atoms with Crippen LogP contribution in [0.3, 0.4) is 0 Å². The topological polar surface area (TPSA) is 100 Å². The van der Waals surface area contributed by atoms with E-state index < -0.39 is 6.04 Å². The minimum absolute atomic E-state index is 0.147. The Bertz CT molecular complexity index is 1300. The van der Waals surface area contributed by atoms with Crippen molar-refractivity contribution in [1.82, 2.24) is 15.6 Å². The Hall–Kier alpha value is -3.61. The monoisotopic (exact) mass is 517 g/mol. The second kappa shape index (κ2) is 12.8. The van der Waals surface area contributed by atoms with Crippen LogP contribution in [0.4, 0.5) is 0 Å². The number of ketones is 1. The Balaban J connectivity index is 1.40. The molecule has 1 aliphatic rings. The van der Waals surface area contributed by atoms with Crippen molar-refractivity contribution < 1.29 is 19.1 Å². The summed E-state index contributed by atoms with van der Waals surface area (Å²) in [7, 11) is 1.62. The van der Waals surface area contributed by atoms with Gasteiger partial charge in [0.05, 0.1) is 13.5 Å². The summed E-state index contributed by atoms with van der Waals surface area (Å²) in [5, 5.41) is 7.07. The van der Waals surface area contributed by atoms with Gasteiger partial charge in [0.25, 0.3) is 0 Å². The van der Waals surface area contributed by atoms with E-state index in [0.29, 0.717) is 25.3 Å². The van der Waals surface area contributed by atoms with Crippen LogP contribution >= 0.6 is 0 Å². The molecule has 2 atom stereocenters.